The van der Waals surface area contributed by atoms with Crippen LogP contribution in [0, 0.1) is 6.92 Å². The fourth-order valence-corrected chi connectivity index (χ4v) is 2.51. The maximum absolute atomic E-state index is 4.48. The fraction of sp³-hybridized carbons (Fsp3) is 0.167. The van der Waals surface area contributed by atoms with Gasteiger partial charge in [-0.1, -0.05) is 48.5 Å². The molecule has 1 heteroatoms. The van der Waals surface area contributed by atoms with Crippen molar-refractivity contribution >= 4 is 5.71 Å². The zero-order valence-corrected chi connectivity index (χ0v) is 11.1. The van der Waals surface area contributed by atoms with Crippen LogP contribution in [0.15, 0.2) is 65.8 Å². The molecule has 0 spiro atoms. The molecule has 94 valence electrons. The molecular formula is C18H17N. The summed E-state index contributed by atoms with van der Waals surface area (Å²) in [6, 6.07) is 17.2. The Morgan fingerprint density at radius 1 is 0.947 bits per heavy atom. The molecule has 0 atom stereocenters. The maximum atomic E-state index is 4.48. The molecule has 3 rings (SSSR count). The van der Waals surface area contributed by atoms with E-state index in [4.69, 9.17) is 0 Å². The van der Waals surface area contributed by atoms with Crippen molar-refractivity contribution in [1.82, 2.24) is 0 Å². The third-order valence-electron chi connectivity index (χ3n) is 3.53. The highest BCUT2D eigenvalue weighted by molar-refractivity contribution is 6.02. The Bertz CT molecular complexity index is 636. The first kappa shape index (κ1) is 11.9. The van der Waals surface area contributed by atoms with E-state index in [-0.39, 0.29) is 0 Å². The van der Waals surface area contributed by atoms with E-state index >= 15 is 0 Å². The number of nitrogens with zero attached hydrogens (tertiary/aromatic N) is 1. The van der Waals surface area contributed by atoms with Gasteiger partial charge >= 0.3 is 0 Å². The third kappa shape index (κ3) is 2.50. The van der Waals surface area contributed by atoms with Gasteiger partial charge in [-0.15, -0.1) is 0 Å². The summed E-state index contributed by atoms with van der Waals surface area (Å²) in [7, 11) is 0. The predicted octanol–water partition coefficient (Wildman–Crippen LogP) is 4.76. The van der Waals surface area contributed by atoms with Crippen LogP contribution >= 0.6 is 0 Å². The molecule has 0 radical (unpaired) electrons. The molecular weight excluding hydrogens is 230 g/mol. The van der Waals surface area contributed by atoms with E-state index in [0.717, 1.165) is 12.8 Å². The number of benzene rings is 2. The van der Waals surface area contributed by atoms with E-state index in [0.29, 0.717) is 0 Å². The molecule has 1 aliphatic heterocycles. The molecule has 1 nitrogen and oxygen atoms in total. The van der Waals surface area contributed by atoms with Gasteiger partial charge in [0.1, 0.15) is 0 Å². The second kappa shape index (κ2) is 5.23. The van der Waals surface area contributed by atoms with Crippen molar-refractivity contribution in [1.29, 1.82) is 0 Å². The van der Waals surface area contributed by atoms with Crippen LogP contribution in [-0.2, 0) is 0 Å². The zero-order chi connectivity index (χ0) is 13.1. The Morgan fingerprint density at radius 3 is 2.47 bits per heavy atom. The standard InChI is InChI=1S/C18H17N/c1-14-13-16(18-9-5-6-12-19-18)10-11-17(14)15-7-3-2-4-8-15/h2-4,6-8,10-13H,5,9H2,1H3. The first-order valence-corrected chi connectivity index (χ1v) is 6.73. The van der Waals surface area contributed by atoms with Crippen molar-refractivity contribution in [2.45, 2.75) is 19.8 Å². The van der Waals surface area contributed by atoms with Crippen molar-refractivity contribution in [2.24, 2.45) is 4.99 Å². The van der Waals surface area contributed by atoms with Gasteiger partial charge in [0.15, 0.2) is 0 Å². The molecule has 0 aliphatic carbocycles. The van der Waals surface area contributed by atoms with Crippen LogP contribution in [0.1, 0.15) is 24.0 Å². The molecule has 2 aromatic rings. The molecule has 0 unspecified atom stereocenters. The van der Waals surface area contributed by atoms with E-state index in [1.165, 1.54) is 28.0 Å². The average Bonchev–Trinajstić information content (AvgIpc) is 2.49. The van der Waals surface area contributed by atoms with E-state index in [2.05, 4.69) is 66.5 Å². The molecule has 19 heavy (non-hydrogen) atoms. The first-order chi connectivity index (χ1) is 9.34. The number of aryl methyl sites for hydroxylation is 1. The van der Waals surface area contributed by atoms with Crippen molar-refractivity contribution in [3.63, 3.8) is 0 Å². The van der Waals surface area contributed by atoms with Crippen LogP contribution in [-0.4, -0.2) is 5.71 Å². The highest BCUT2D eigenvalue weighted by atomic mass is 14.7. The zero-order valence-electron chi connectivity index (χ0n) is 11.1. The minimum Gasteiger partial charge on any atom is -0.261 e. The van der Waals surface area contributed by atoms with Gasteiger partial charge in [0, 0.05) is 11.9 Å². The smallest absolute Gasteiger partial charge is 0.0478 e. The van der Waals surface area contributed by atoms with Crippen LogP contribution in [0.4, 0.5) is 0 Å². The molecule has 1 aliphatic rings. The largest absolute Gasteiger partial charge is 0.261 e. The van der Waals surface area contributed by atoms with Crippen molar-refractivity contribution < 1.29 is 0 Å². The number of hydrogen-bond acceptors (Lipinski definition) is 1. The molecule has 0 amide bonds. The highest BCUT2D eigenvalue weighted by Gasteiger charge is 2.08. The lowest BCUT2D eigenvalue weighted by molar-refractivity contribution is 1.06. The summed E-state index contributed by atoms with van der Waals surface area (Å²) in [4.78, 5) is 4.48. The van der Waals surface area contributed by atoms with E-state index in [1.54, 1.807) is 0 Å². The molecule has 2 aromatic carbocycles. The quantitative estimate of drug-likeness (QED) is 0.725. The molecule has 0 bridgehead atoms. The SMILES string of the molecule is Cc1cc(C2=NC=CCC2)ccc1-c1ccccc1. The Hall–Kier alpha value is -2.15. The summed E-state index contributed by atoms with van der Waals surface area (Å²) in [5, 5.41) is 0. The van der Waals surface area contributed by atoms with Gasteiger partial charge in [-0.2, -0.15) is 0 Å². The van der Waals surface area contributed by atoms with Crippen molar-refractivity contribution in [2.75, 3.05) is 0 Å². The van der Waals surface area contributed by atoms with Crippen molar-refractivity contribution in [3.05, 3.63) is 71.9 Å². The topological polar surface area (TPSA) is 12.4 Å². The monoisotopic (exact) mass is 247 g/mol. The van der Waals surface area contributed by atoms with Gasteiger partial charge in [-0.3, -0.25) is 4.99 Å². The summed E-state index contributed by atoms with van der Waals surface area (Å²) in [6.07, 6.45) is 6.17. The van der Waals surface area contributed by atoms with Gasteiger partial charge in [-0.25, -0.2) is 0 Å². The van der Waals surface area contributed by atoms with Gasteiger partial charge < -0.3 is 0 Å². The number of allylic oxidation sites excluding steroid dienone is 1. The minimum atomic E-state index is 1.04. The summed E-state index contributed by atoms with van der Waals surface area (Å²) >= 11 is 0. The second-order valence-electron chi connectivity index (χ2n) is 4.89. The van der Waals surface area contributed by atoms with Gasteiger partial charge in [0.25, 0.3) is 0 Å². The molecule has 0 saturated carbocycles. The second-order valence-corrected chi connectivity index (χ2v) is 4.89. The first-order valence-electron chi connectivity index (χ1n) is 6.73. The maximum Gasteiger partial charge on any atom is 0.0478 e. The van der Waals surface area contributed by atoms with Crippen LogP contribution in [0.5, 0.6) is 0 Å². The Balaban J connectivity index is 1.99. The van der Waals surface area contributed by atoms with E-state index < -0.39 is 0 Å². The normalized spacial score (nSPS) is 14.3. The number of aliphatic imine (C=N–C) groups is 1. The lowest BCUT2D eigenvalue weighted by Gasteiger charge is -2.11. The summed E-state index contributed by atoms with van der Waals surface area (Å²) in [5.74, 6) is 0. The fourth-order valence-electron chi connectivity index (χ4n) is 2.51. The average molecular weight is 247 g/mol. The number of hydrogen-bond donors (Lipinski definition) is 0. The summed E-state index contributed by atoms with van der Waals surface area (Å²) in [5.41, 5.74) is 6.33. The van der Waals surface area contributed by atoms with E-state index in [1.807, 2.05) is 6.20 Å². The lowest BCUT2D eigenvalue weighted by Crippen LogP contribution is -2.03. The minimum absolute atomic E-state index is 1.04. The Morgan fingerprint density at radius 2 is 1.79 bits per heavy atom. The Labute approximate surface area is 114 Å². The molecule has 0 aromatic heterocycles. The highest BCUT2D eigenvalue weighted by Crippen LogP contribution is 2.25. The summed E-state index contributed by atoms with van der Waals surface area (Å²) in [6.45, 7) is 2.17. The van der Waals surface area contributed by atoms with Gasteiger partial charge in [0.2, 0.25) is 0 Å². The predicted molar refractivity (Wildman–Crippen MR) is 81.5 cm³/mol. The van der Waals surface area contributed by atoms with Gasteiger partial charge in [0.05, 0.1) is 0 Å². The van der Waals surface area contributed by atoms with Crippen LogP contribution in [0.2, 0.25) is 0 Å². The van der Waals surface area contributed by atoms with Crippen LogP contribution in [0.25, 0.3) is 11.1 Å². The lowest BCUT2D eigenvalue weighted by atomic mass is 9.95. The summed E-state index contributed by atoms with van der Waals surface area (Å²) < 4.78 is 0. The van der Waals surface area contributed by atoms with E-state index in [9.17, 15) is 0 Å². The molecule has 1 heterocycles. The number of rotatable bonds is 2. The van der Waals surface area contributed by atoms with Crippen LogP contribution in [0.3, 0.4) is 0 Å². The van der Waals surface area contributed by atoms with Crippen molar-refractivity contribution in [3.8, 4) is 11.1 Å². The molecule has 0 N–H and O–H groups in total. The molecule has 0 fully saturated rings. The van der Waals surface area contributed by atoms with Gasteiger partial charge in [-0.05, 0) is 48.1 Å². The Kier molecular flexibility index (Phi) is 3.28. The third-order valence-corrected chi connectivity index (χ3v) is 3.53. The van der Waals surface area contributed by atoms with Crippen LogP contribution < -0.4 is 0 Å². The molecule has 0 saturated heterocycles.